The number of amides is 1. The molecule has 0 aliphatic heterocycles. The molecule has 142 valence electrons. The highest BCUT2D eigenvalue weighted by Crippen LogP contribution is 2.40. The van der Waals surface area contributed by atoms with Crippen molar-refractivity contribution in [3.63, 3.8) is 0 Å². The quantitative estimate of drug-likeness (QED) is 0.723. The number of benzene rings is 1. The average Bonchev–Trinajstić information content (AvgIpc) is 2.81. The minimum absolute atomic E-state index is 0.0166. The molecule has 2 aromatic rings. The maximum atomic E-state index is 14.6. The van der Waals surface area contributed by atoms with E-state index in [4.69, 9.17) is 33.7 Å². The van der Waals surface area contributed by atoms with E-state index in [1.54, 1.807) is 20.8 Å². The number of thiazole rings is 1. The number of nitrogens with zero attached hydrogens (tertiary/aromatic N) is 1. The number of aliphatic hydroxyl groups excluding tert-OH is 1. The summed E-state index contributed by atoms with van der Waals surface area (Å²) in [5.74, 6) is -2.06. The van der Waals surface area contributed by atoms with Gasteiger partial charge >= 0.3 is 6.09 Å². The summed E-state index contributed by atoms with van der Waals surface area (Å²) in [4.78, 5) is 14.9. The number of carbonyl (C=O) groups is 1. The van der Waals surface area contributed by atoms with Crippen LogP contribution in [-0.4, -0.2) is 16.2 Å². The van der Waals surface area contributed by atoms with Gasteiger partial charge in [0.1, 0.15) is 29.0 Å². The molecule has 0 fully saturated rings. The number of primary amides is 1. The highest BCUT2D eigenvalue weighted by atomic mass is 35.5. The number of nitrogens with two attached hydrogens (primary N) is 1. The molecule has 0 spiro atoms. The first-order chi connectivity index (χ1) is 11.9. The number of aromatic nitrogens is 1. The summed E-state index contributed by atoms with van der Waals surface area (Å²) in [7, 11) is 0. The van der Waals surface area contributed by atoms with Crippen LogP contribution in [0.5, 0.6) is 0 Å². The largest absolute Gasteiger partial charge is 0.441 e. The molecular weight excluding hydrogens is 409 g/mol. The van der Waals surface area contributed by atoms with Crippen LogP contribution in [0.1, 0.15) is 49.0 Å². The van der Waals surface area contributed by atoms with Crippen molar-refractivity contribution in [2.45, 2.75) is 33.0 Å². The second kappa shape index (κ2) is 7.64. The number of hydrogen-bond acceptors (Lipinski definition) is 5. The van der Waals surface area contributed by atoms with E-state index < -0.39 is 40.9 Å². The SMILES string of the molecule is CC(C)(C)C(OC(N)=O)c1cc(F)c(C(O)c2sc(Cl)nc2Cl)c(F)c1. The normalized spacial score (nSPS) is 14.2. The number of carbonyl (C=O) groups excluding carboxylic acids is 1. The maximum absolute atomic E-state index is 14.6. The summed E-state index contributed by atoms with van der Waals surface area (Å²) in [6.07, 6.45) is -3.75. The van der Waals surface area contributed by atoms with Crippen molar-refractivity contribution < 1.29 is 23.4 Å². The summed E-state index contributed by atoms with van der Waals surface area (Å²) < 4.78 is 34.3. The fourth-order valence-corrected chi connectivity index (χ4v) is 3.87. The lowest BCUT2D eigenvalue weighted by Gasteiger charge is -2.30. The van der Waals surface area contributed by atoms with Gasteiger partial charge in [0.05, 0.1) is 10.4 Å². The predicted octanol–water partition coefficient (Wildman–Crippen LogP) is 4.99. The van der Waals surface area contributed by atoms with Crippen LogP contribution in [0.15, 0.2) is 12.1 Å². The van der Waals surface area contributed by atoms with Gasteiger partial charge in [0.25, 0.3) is 0 Å². The van der Waals surface area contributed by atoms with Gasteiger partial charge in [-0.25, -0.2) is 18.6 Å². The molecule has 3 N–H and O–H groups in total. The molecule has 0 radical (unpaired) electrons. The molecule has 0 bridgehead atoms. The van der Waals surface area contributed by atoms with E-state index in [0.717, 1.165) is 23.5 Å². The first-order valence-electron chi connectivity index (χ1n) is 7.36. The minimum Gasteiger partial charge on any atom is -0.441 e. The van der Waals surface area contributed by atoms with Gasteiger partial charge in [0.15, 0.2) is 4.47 Å². The topological polar surface area (TPSA) is 85.4 Å². The average molecular weight is 425 g/mol. The van der Waals surface area contributed by atoms with Crippen LogP contribution in [0.3, 0.4) is 0 Å². The Kier molecular flexibility index (Phi) is 6.12. The Balaban J connectivity index is 2.50. The molecule has 0 aliphatic carbocycles. The fourth-order valence-electron chi connectivity index (χ4n) is 2.47. The van der Waals surface area contributed by atoms with Crippen molar-refractivity contribution in [2.24, 2.45) is 11.1 Å². The van der Waals surface area contributed by atoms with Gasteiger partial charge in [-0.1, -0.05) is 44.0 Å². The molecular formula is C16H16Cl2F2N2O3S. The van der Waals surface area contributed by atoms with Crippen LogP contribution in [-0.2, 0) is 4.74 Å². The zero-order valence-corrected chi connectivity index (χ0v) is 16.3. The van der Waals surface area contributed by atoms with Crippen molar-refractivity contribution in [1.29, 1.82) is 0 Å². The summed E-state index contributed by atoms with van der Waals surface area (Å²) >= 11 is 12.3. The molecule has 26 heavy (non-hydrogen) atoms. The summed E-state index contributed by atoms with van der Waals surface area (Å²) in [6.45, 7) is 5.16. The second-order valence-corrected chi connectivity index (χ2v) is 8.58. The van der Waals surface area contributed by atoms with E-state index in [9.17, 15) is 18.7 Å². The van der Waals surface area contributed by atoms with Gasteiger partial charge in [-0.3, -0.25) is 0 Å². The number of ether oxygens (including phenoxy) is 1. The molecule has 2 atom stereocenters. The molecule has 2 rings (SSSR count). The number of aliphatic hydroxyl groups is 1. The Hall–Kier alpha value is -1.48. The van der Waals surface area contributed by atoms with Crippen molar-refractivity contribution in [3.05, 3.63) is 49.4 Å². The fraction of sp³-hybridized carbons (Fsp3) is 0.375. The van der Waals surface area contributed by atoms with Gasteiger partial charge < -0.3 is 15.6 Å². The van der Waals surface area contributed by atoms with Gasteiger partial charge in [-0.15, -0.1) is 11.3 Å². The molecule has 1 aromatic carbocycles. The molecule has 0 saturated carbocycles. The van der Waals surface area contributed by atoms with Crippen molar-refractivity contribution in [1.82, 2.24) is 4.98 Å². The molecule has 1 heterocycles. The predicted molar refractivity (Wildman–Crippen MR) is 95.4 cm³/mol. The highest BCUT2D eigenvalue weighted by molar-refractivity contribution is 7.16. The molecule has 1 amide bonds. The highest BCUT2D eigenvalue weighted by Gasteiger charge is 2.33. The molecule has 10 heteroatoms. The van der Waals surface area contributed by atoms with E-state index in [2.05, 4.69) is 4.98 Å². The number of halogens is 4. The molecule has 2 unspecified atom stereocenters. The lowest BCUT2D eigenvalue weighted by Crippen LogP contribution is -2.27. The van der Waals surface area contributed by atoms with Crippen molar-refractivity contribution in [2.75, 3.05) is 0 Å². The molecule has 0 saturated heterocycles. The first-order valence-corrected chi connectivity index (χ1v) is 8.93. The van der Waals surface area contributed by atoms with Crippen molar-refractivity contribution in [3.8, 4) is 0 Å². The molecule has 0 aliphatic rings. The van der Waals surface area contributed by atoms with E-state index in [0.29, 0.717) is 0 Å². The van der Waals surface area contributed by atoms with E-state index >= 15 is 0 Å². The maximum Gasteiger partial charge on any atom is 0.405 e. The lowest BCUT2D eigenvalue weighted by atomic mass is 9.84. The van der Waals surface area contributed by atoms with Gasteiger partial charge in [0, 0.05) is 5.41 Å². The summed E-state index contributed by atoms with van der Waals surface area (Å²) in [5.41, 5.74) is 3.83. The van der Waals surface area contributed by atoms with E-state index in [1.807, 2.05) is 0 Å². The Bertz CT molecular complexity index is 816. The van der Waals surface area contributed by atoms with Gasteiger partial charge in [-0.05, 0) is 17.7 Å². The van der Waals surface area contributed by atoms with E-state index in [-0.39, 0.29) is 20.1 Å². The van der Waals surface area contributed by atoms with Crippen LogP contribution in [0.2, 0.25) is 9.62 Å². The van der Waals surface area contributed by atoms with Crippen LogP contribution < -0.4 is 5.73 Å². The lowest BCUT2D eigenvalue weighted by molar-refractivity contribution is 0.0355. The van der Waals surface area contributed by atoms with Gasteiger partial charge in [-0.2, -0.15) is 0 Å². The van der Waals surface area contributed by atoms with Crippen LogP contribution in [0.25, 0.3) is 0 Å². The molecule has 1 aromatic heterocycles. The Morgan fingerprint density at radius 1 is 1.31 bits per heavy atom. The van der Waals surface area contributed by atoms with E-state index in [1.165, 1.54) is 0 Å². The Morgan fingerprint density at radius 3 is 2.23 bits per heavy atom. The number of rotatable bonds is 4. The third kappa shape index (κ3) is 4.43. The monoisotopic (exact) mass is 424 g/mol. The third-order valence-corrected chi connectivity index (χ3v) is 5.14. The standard InChI is InChI=1S/C16H16Cl2F2N2O3S/c1-16(2,3)12(25-15(21)24)6-4-7(19)9(8(20)5-6)10(23)11-13(17)22-14(18)26-11/h4-5,10,12,23H,1-3H3,(H2,21,24). The molecule has 5 nitrogen and oxygen atoms in total. The summed E-state index contributed by atoms with van der Waals surface area (Å²) in [6, 6.07) is 1.97. The minimum atomic E-state index is -1.69. The Labute approximate surface area is 162 Å². The summed E-state index contributed by atoms with van der Waals surface area (Å²) in [5, 5.41) is 10.2. The zero-order valence-electron chi connectivity index (χ0n) is 14.0. The Morgan fingerprint density at radius 2 is 1.85 bits per heavy atom. The third-order valence-electron chi connectivity index (χ3n) is 3.53. The zero-order chi connectivity index (χ0) is 19.8. The second-order valence-electron chi connectivity index (χ2n) is 6.61. The number of hydrogen-bond donors (Lipinski definition) is 2. The van der Waals surface area contributed by atoms with Crippen LogP contribution in [0.4, 0.5) is 13.6 Å². The first kappa shape index (κ1) is 20.8. The van der Waals surface area contributed by atoms with Crippen LogP contribution in [0, 0.1) is 17.0 Å². The smallest absolute Gasteiger partial charge is 0.405 e. The van der Waals surface area contributed by atoms with Crippen molar-refractivity contribution >= 4 is 40.6 Å². The van der Waals surface area contributed by atoms with Crippen LogP contribution >= 0.6 is 34.5 Å². The van der Waals surface area contributed by atoms with Gasteiger partial charge in [0.2, 0.25) is 0 Å².